The predicted molar refractivity (Wildman–Crippen MR) is 88.9 cm³/mol. The van der Waals surface area contributed by atoms with Crippen LogP contribution >= 0.6 is 22.6 Å². The Bertz CT molecular complexity index is 764. The number of hydrogen-bond acceptors (Lipinski definition) is 3. The van der Waals surface area contributed by atoms with Gasteiger partial charge in [0.25, 0.3) is 0 Å². The van der Waals surface area contributed by atoms with Gasteiger partial charge in [0.15, 0.2) is 5.65 Å². The van der Waals surface area contributed by atoms with Crippen LogP contribution in [0.3, 0.4) is 0 Å². The first-order valence-corrected chi connectivity index (χ1v) is 7.50. The first-order chi connectivity index (χ1) is 9.61. The second kappa shape index (κ2) is 5.40. The average molecular weight is 378 g/mol. The van der Waals surface area contributed by atoms with E-state index in [9.17, 15) is 0 Å². The molecule has 3 rings (SSSR count). The molecule has 0 saturated carbocycles. The van der Waals surface area contributed by atoms with E-state index < -0.39 is 0 Å². The van der Waals surface area contributed by atoms with Crippen LogP contribution in [0.1, 0.15) is 16.8 Å². The minimum Gasteiger partial charge on any atom is -0.381 e. The Labute approximate surface area is 131 Å². The first-order valence-electron chi connectivity index (χ1n) is 6.43. The number of benzene rings is 1. The lowest BCUT2D eigenvalue weighted by molar-refractivity contribution is 0.895. The van der Waals surface area contributed by atoms with E-state index in [2.05, 4.69) is 63.1 Å². The van der Waals surface area contributed by atoms with Crippen LogP contribution in [0, 0.1) is 17.4 Å². The van der Waals surface area contributed by atoms with Gasteiger partial charge in [-0.3, -0.25) is 0 Å². The van der Waals surface area contributed by atoms with Gasteiger partial charge in [-0.1, -0.05) is 0 Å². The summed E-state index contributed by atoms with van der Waals surface area (Å²) in [5.41, 5.74) is 5.38. The number of anilines is 1. The molecule has 102 valence electrons. The van der Waals surface area contributed by atoms with Crippen LogP contribution in [-0.4, -0.2) is 14.6 Å². The van der Waals surface area contributed by atoms with Gasteiger partial charge < -0.3 is 5.32 Å². The number of aromatic nitrogens is 3. The number of aryl methyl sites for hydroxylation is 2. The summed E-state index contributed by atoms with van der Waals surface area (Å²) in [4.78, 5) is 4.41. The smallest absolute Gasteiger partial charge is 0.155 e. The summed E-state index contributed by atoms with van der Waals surface area (Å²) in [7, 11) is 0. The molecule has 0 fully saturated rings. The maximum Gasteiger partial charge on any atom is 0.155 e. The highest BCUT2D eigenvalue weighted by Crippen LogP contribution is 2.18. The van der Waals surface area contributed by atoms with Crippen molar-refractivity contribution < 1.29 is 0 Å². The molecule has 0 aliphatic rings. The first kappa shape index (κ1) is 13.4. The molecule has 0 unspecified atom stereocenters. The zero-order valence-corrected chi connectivity index (χ0v) is 13.5. The minimum atomic E-state index is 0.739. The molecule has 3 aromatic rings. The summed E-state index contributed by atoms with van der Waals surface area (Å²) < 4.78 is 3.08. The molecule has 4 nitrogen and oxygen atoms in total. The van der Waals surface area contributed by atoms with Crippen molar-refractivity contribution in [1.29, 1.82) is 0 Å². The van der Waals surface area contributed by atoms with Gasteiger partial charge in [-0.25, -0.2) is 9.50 Å². The Balaban J connectivity index is 1.79. The van der Waals surface area contributed by atoms with Gasteiger partial charge >= 0.3 is 0 Å². The van der Waals surface area contributed by atoms with Crippen molar-refractivity contribution in [1.82, 2.24) is 14.6 Å². The van der Waals surface area contributed by atoms with Crippen molar-refractivity contribution in [2.24, 2.45) is 0 Å². The van der Waals surface area contributed by atoms with Crippen LogP contribution in [-0.2, 0) is 6.54 Å². The maximum absolute atomic E-state index is 4.41. The van der Waals surface area contributed by atoms with Crippen LogP contribution in [0.25, 0.3) is 5.65 Å². The number of fused-ring (bicyclic) bond motifs is 1. The monoisotopic (exact) mass is 378 g/mol. The molecule has 0 amide bonds. The highest BCUT2D eigenvalue weighted by Gasteiger charge is 2.02. The van der Waals surface area contributed by atoms with E-state index in [0.29, 0.717) is 0 Å². The Hall–Kier alpha value is -1.63. The molecular formula is C15H15IN4. The third-order valence-electron chi connectivity index (χ3n) is 3.16. The molecule has 0 spiro atoms. The Morgan fingerprint density at radius 3 is 2.90 bits per heavy atom. The Morgan fingerprint density at radius 2 is 2.10 bits per heavy atom. The minimum absolute atomic E-state index is 0.739. The highest BCUT2D eigenvalue weighted by molar-refractivity contribution is 14.1. The SMILES string of the molecule is Cc1cc2ncc(CNc3ccc(I)cc3C)cn2n1. The normalized spacial score (nSPS) is 10.9. The van der Waals surface area contributed by atoms with Crippen LogP contribution in [0.15, 0.2) is 36.7 Å². The third kappa shape index (κ3) is 2.77. The van der Waals surface area contributed by atoms with Crippen LogP contribution in [0.5, 0.6) is 0 Å². The molecule has 0 bridgehead atoms. The molecule has 0 atom stereocenters. The molecule has 0 saturated heterocycles. The molecule has 5 heteroatoms. The van der Waals surface area contributed by atoms with E-state index in [-0.39, 0.29) is 0 Å². The average Bonchev–Trinajstić information content (AvgIpc) is 2.77. The van der Waals surface area contributed by atoms with Crippen molar-refractivity contribution in [2.45, 2.75) is 20.4 Å². The molecule has 0 radical (unpaired) electrons. The fourth-order valence-corrected chi connectivity index (χ4v) is 2.79. The van der Waals surface area contributed by atoms with Crippen molar-refractivity contribution in [3.63, 3.8) is 0 Å². The molecule has 0 aliphatic carbocycles. The lowest BCUT2D eigenvalue weighted by Crippen LogP contribution is -2.03. The number of rotatable bonds is 3. The van der Waals surface area contributed by atoms with Gasteiger partial charge in [-0.15, -0.1) is 0 Å². The zero-order chi connectivity index (χ0) is 14.1. The van der Waals surface area contributed by atoms with E-state index in [1.807, 2.05) is 29.9 Å². The fraction of sp³-hybridized carbons (Fsp3) is 0.200. The van der Waals surface area contributed by atoms with Gasteiger partial charge in [-0.2, -0.15) is 5.10 Å². The molecular weight excluding hydrogens is 363 g/mol. The lowest BCUT2D eigenvalue weighted by atomic mass is 10.2. The molecule has 0 aliphatic heterocycles. The fourth-order valence-electron chi connectivity index (χ4n) is 2.15. The predicted octanol–water partition coefficient (Wildman–Crippen LogP) is 3.56. The van der Waals surface area contributed by atoms with Crippen molar-refractivity contribution >= 4 is 33.9 Å². The van der Waals surface area contributed by atoms with Crippen LogP contribution in [0.2, 0.25) is 0 Å². The second-order valence-corrected chi connectivity index (χ2v) is 6.11. The summed E-state index contributed by atoms with van der Waals surface area (Å²) in [6, 6.07) is 8.36. The van der Waals surface area contributed by atoms with Gasteiger partial charge in [0.2, 0.25) is 0 Å². The van der Waals surface area contributed by atoms with Crippen molar-refractivity contribution in [3.05, 3.63) is 57.1 Å². The number of nitrogens with zero attached hydrogens (tertiary/aromatic N) is 3. The largest absolute Gasteiger partial charge is 0.381 e. The summed E-state index contributed by atoms with van der Waals surface area (Å²) in [6.45, 7) is 4.83. The van der Waals surface area contributed by atoms with Crippen LogP contribution in [0.4, 0.5) is 5.69 Å². The van der Waals surface area contributed by atoms with E-state index in [1.54, 1.807) is 0 Å². The zero-order valence-electron chi connectivity index (χ0n) is 11.4. The van der Waals surface area contributed by atoms with Gasteiger partial charge in [0.05, 0.1) is 5.69 Å². The Kier molecular flexibility index (Phi) is 3.60. The molecule has 1 aromatic carbocycles. The summed E-state index contributed by atoms with van der Waals surface area (Å²) in [6.07, 6.45) is 3.91. The Morgan fingerprint density at radius 1 is 1.25 bits per heavy atom. The van der Waals surface area contributed by atoms with Gasteiger partial charge in [0, 0.05) is 39.8 Å². The standard InChI is InChI=1S/C15H15IN4/c1-10-5-13(16)3-4-14(10)17-7-12-8-18-15-6-11(2)19-20(15)9-12/h3-6,8-9,17H,7H2,1-2H3. The quantitative estimate of drug-likeness (QED) is 0.709. The van der Waals surface area contributed by atoms with Gasteiger partial charge in [-0.05, 0) is 60.2 Å². The molecule has 1 N–H and O–H groups in total. The number of halogens is 1. The van der Waals surface area contributed by atoms with Crippen LogP contribution < -0.4 is 5.32 Å². The topological polar surface area (TPSA) is 42.2 Å². The third-order valence-corrected chi connectivity index (χ3v) is 3.83. The summed E-state index contributed by atoms with van der Waals surface area (Å²) in [5.74, 6) is 0. The highest BCUT2D eigenvalue weighted by atomic mass is 127. The van der Waals surface area contributed by atoms with E-state index in [4.69, 9.17) is 0 Å². The van der Waals surface area contributed by atoms with Crippen molar-refractivity contribution in [2.75, 3.05) is 5.32 Å². The second-order valence-electron chi connectivity index (χ2n) is 4.86. The summed E-state index contributed by atoms with van der Waals surface area (Å²) >= 11 is 2.32. The van der Waals surface area contributed by atoms with E-state index in [1.165, 1.54) is 9.13 Å². The van der Waals surface area contributed by atoms with E-state index in [0.717, 1.165) is 29.1 Å². The lowest BCUT2D eigenvalue weighted by Gasteiger charge is -2.10. The summed E-state index contributed by atoms with van der Waals surface area (Å²) in [5, 5.41) is 7.83. The van der Waals surface area contributed by atoms with Crippen molar-refractivity contribution in [3.8, 4) is 0 Å². The maximum atomic E-state index is 4.41. The number of nitrogens with one attached hydrogen (secondary N) is 1. The number of hydrogen-bond donors (Lipinski definition) is 1. The van der Waals surface area contributed by atoms with Gasteiger partial charge in [0.1, 0.15) is 0 Å². The molecule has 2 aromatic heterocycles. The molecule has 20 heavy (non-hydrogen) atoms. The molecule has 2 heterocycles. The van der Waals surface area contributed by atoms with E-state index >= 15 is 0 Å².